The van der Waals surface area contributed by atoms with Crippen LogP contribution < -0.4 is 5.56 Å². The summed E-state index contributed by atoms with van der Waals surface area (Å²) in [6.07, 6.45) is 3.10. The van der Waals surface area contributed by atoms with Gasteiger partial charge in [-0.15, -0.1) is 0 Å². The standard InChI is InChI=1S/C18H23N3O/c1-20-7-9-21(10-8-20)12-13-5-6-15-14-3-2-4-16(14)18(22)19-17(15)11-13/h5-6,11H,2-4,7-10,12H2,1H3,(H,19,22). The SMILES string of the molecule is CN1CCN(Cc2ccc3c4c(c(=O)[nH]c3c2)CCC4)CC1. The molecule has 0 amide bonds. The van der Waals surface area contributed by atoms with Crippen molar-refractivity contribution in [2.75, 3.05) is 33.2 Å². The van der Waals surface area contributed by atoms with Crippen LogP contribution in [0.1, 0.15) is 23.1 Å². The second-order valence-corrected chi connectivity index (χ2v) is 6.72. The van der Waals surface area contributed by atoms with Crippen LogP contribution in [0.15, 0.2) is 23.0 Å². The van der Waals surface area contributed by atoms with Crippen molar-refractivity contribution < 1.29 is 0 Å². The molecular weight excluding hydrogens is 274 g/mol. The van der Waals surface area contributed by atoms with Gasteiger partial charge in [0.1, 0.15) is 0 Å². The highest BCUT2D eigenvalue weighted by atomic mass is 16.1. The van der Waals surface area contributed by atoms with Crippen LogP contribution in [0, 0.1) is 0 Å². The molecular formula is C18H23N3O. The maximum Gasteiger partial charge on any atom is 0.251 e. The number of hydrogen-bond acceptors (Lipinski definition) is 3. The van der Waals surface area contributed by atoms with Gasteiger partial charge in [0.05, 0.1) is 0 Å². The molecule has 116 valence electrons. The largest absolute Gasteiger partial charge is 0.322 e. The van der Waals surface area contributed by atoms with Gasteiger partial charge in [-0.05, 0) is 43.5 Å². The minimum Gasteiger partial charge on any atom is -0.322 e. The van der Waals surface area contributed by atoms with Gasteiger partial charge in [-0.2, -0.15) is 0 Å². The van der Waals surface area contributed by atoms with E-state index < -0.39 is 0 Å². The Labute approximate surface area is 130 Å². The van der Waals surface area contributed by atoms with Crippen molar-refractivity contribution in [3.8, 4) is 0 Å². The van der Waals surface area contributed by atoms with Crippen molar-refractivity contribution in [2.24, 2.45) is 0 Å². The summed E-state index contributed by atoms with van der Waals surface area (Å²) in [4.78, 5) is 20.1. The molecule has 4 rings (SSSR count). The van der Waals surface area contributed by atoms with Crippen molar-refractivity contribution in [2.45, 2.75) is 25.8 Å². The van der Waals surface area contributed by atoms with E-state index in [9.17, 15) is 4.79 Å². The highest BCUT2D eigenvalue weighted by molar-refractivity contribution is 5.84. The lowest BCUT2D eigenvalue weighted by Gasteiger charge is -2.32. The first-order valence-corrected chi connectivity index (χ1v) is 8.28. The first-order valence-electron chi connectivity index (χ1n) is 8.28. The number of H-pyrrole nitrogens is 1. The molecule has 1 N–H and O–H groups in total. The van der Waals surface area contributed by atoms with Crippen LogP contribution in [0.25, 0.3) is 10.9 Å². The zero-order chi connectivity index (χ0) is 15.1. The van der Waals surface area contributed by atoms with Crippen molar-refractivity contribution >= 4 is 10.9 Å². The number of likely N-dealkylation sites (N-methyl/N-ethyl adjacent to an activating group) is 1. The Bertz CT molecular complexity index is 757. The van der Waals surface area contributed by atoms with Crippen LogP contribution >= 0.6 is 0 Å². The number of aromatic amines is 1. The summed E-state index contributed by atoms with van der Waals surface area (Å²) in [6.45, 7) is 5.49. The number of piperazine rings is 1. The first-order chi connectivity index (χ1) is 10.7. The van der Waals surface area contributed by atoms with Gasteiger partial charge in [-0.3, -0.25) is 9.69 Å². The summed E-state index contributed by atoms with van der Waals surface area (Å²) in [7, 11) is 2.18. The van der Waals surface area contributed by atoms with Crippen molar-refractivity contribution in [1.29, 1.82) is 0 Å². The van der Waals surface area contributed by atoms with E-state index >= 15 is 0 Å². The summed E-state index contributed by atoms with van der Waals surface area (Å²) in [5.41, 5.74) is 4.73. The maximum atomic E-state index is 12.2. The van der Waals surface area contributed by atoms with Crippen LogP contribution in [0.4, 0.5) is 0 Å². The molecule has 1 aromatic carbocycles. The number of aromatic nitrogens is 1. The third kappa shape index (κ3) is 2.46. The predicted molar refractivity (Wildman–Crippen MR) is 89.4 cm³/mol. The summed E-state index contributed by atoms with van der Waals surface area (Å²) in [6, 6.07) is 6.62. The third-order valence-electron chi connectivity index (χ3n) is 5.15. The predicted octanol–water partition coefficient (Wildman–Crippen LogP) is 1.76. The van der Waals surface area contributed by atoms with E-state index in [1.54, 1.807) is 0 Å². The normalized spacial score (nSPS) is 19.7. The van der Waals surface area contributed by atoms with Crippen LogP contribution in [-0.2, 0) is 19.4 Å². The van der Waals surface area contributed by atoms with Gasteiger partial charge < -0.3 is 9.88 Å². The Morgan fingerprint density at radius 1 is 1.09 bits per heavy atom. The lowest BCUT2D eigenvalue weighted by atomic mass is 10.0. The average molecular weight is 297 g/mol. The molecule has 0 bridgehead atoms. The minimum absolute atomic E-state index is 0.122. The lowest BCUT2D eigenvalue weighted by Crippen LogP contribution is -2.43. The van der Waals surface area contributed by atoms with E-state index in [4.69, 9.17) is 0 Å². The molecule has 2 aliphatic rings. The topological polar surface area (TPSA) is 39.3 Å². The summed E-state index contributed by atoms with van der Waals surface area (Å²) in [5, 5.41) is 1.24. The number of pyridine rings is 1. The molecule has 4 nitrogen and oxygen atoms in total. The Morgan fingerprint density at radius 2 is 1.86 bits per heavy atom. The number of aryl methyl sites for hydroxylation is 1. The number of fused-ring (bicyclic) bond motifs is 3. The number of rotatable bonds is 2. The summed E-state index contributed by atoms with van der Waals surface area (Å²) >= 11 is 0. The van der Waals surface area contributed by atoms with E-state index in [1.807, 2.05) is 0 Å². The monoisotopic (exact) mass is 297 g/mol. The smallest absolute Gasteiger partial charge is 0.251 e. The van der Waals surface area contributed by atoms with Crippen LogP contribution in [-0.4, -0.2) is 48.0 Å². The molecule has 0 saturated carbocycles. The van der Waals surface area contributed by atoms with Crippen molar-refractivity contribution in [1.82, 2.24) is 14.8 Å². The molecule has 2 heterocycles. The molecule has 1 aliphatic heterocycles. The Morgan fingerprint density at radius 3 is 2.68 bits per heavy atom. The molecule has 1 aliphatic carbocycles. The van der Waals surface area contributed by atoms with E-state index in [0.29, 0.717) is 0 Å². The van der Waals surface area contributed by atoms with Crippen molar-refractivity contribution in [3.05, 3.63) is 45.2 Å². The number of nitrogens with one attached hydrogen (secondary N) is 1. The molecule has 2 aromatic rings. The van der Waals surface area contributed by atoms with Gasteiger partial charge in [0.2, 0.25) is 0 Å². The van der Waals surface area contributed by atoms with E-state index in [2.05, 4.69) is 40.0 Å². The van der Waals surface area contributed by atoms with Gasteiger partial charge in [0, 0.05) is 49.2 Å². The minimum atomic E-state index is 0.122. The zero-order valence-corrected chi connectivity index (χ0v) is 13.2. The maximum absolute atomic E-state index is 12.2. The summed E-state index contributed by atoms with van der Waals surface area (Å²) < 4.78 is 0. The molecule has 0 unspecified atom stereocenters. The fourth-order valence-electron chi connectivity index (χ4n) is 3.81. The van der Waals surface area contributed by atoms with Gasteiger partial charge in [-0.25, -0.2) is 0 Å². The molecule has 1 saturated heterocycles. The first kappa shape index (κ1) is 14.0. The molecule has 0 atom stereocenters. The van der Waals surface area contributed by atoms with Gasteiger partial charge in [-0.1, -0.05) is 12.1 Å². The van der Waals surface area contributed by atoms with Gasteiger partial charge >= 0.3 is 0 Å². The summed E-state index contributed by atoms with van der Waals surface area (Å²) in [5.74, 6) is 0. The lowest BCUT2D eigenvalue weighted by molar-refractivity contribution is 0.148. The second-order valence-electron chi connectivity index (χ2n) is 6.72. The van der Waals surface area contributed by atoms with Crippen molar-refractivity contribution in [3.63, 3.8) is 0 Å². The fraction of sp³-hybridized carbons (Fsp3) is 0.500. The van der Waals surface area contributed by atoms with Crippen LogP contribution in [0.3, 0.4) is 0 Å². The number of hydrogen-bond donors (Lipinski definition) is 1. The third-order valence-corrected chi connectivity index (χ3v) is 5.15. The fourth-order valence-corrected chi connectivity index (χ4v) is 3.81. The van der Waals surface area contributed by atoms with E-state index in [0.717, 1.165) is 63.1 Å². The van der Waals surface area contributed by atoms with Crippen LogP contribution in [0.5, 0.6) is 0 Å². The molecule has 0 spiro atoms. The second kappa shape index (κ2) is 5.52. The number of benzene rings is 1. The molecule has 1 fully saturated rings. The van der Waals surface area contributed by atoms with Gasteiger partial charge in [0.15, 0.2) is 0 Å². The molecule has 22 heavy (non-hydrogen) atoms. The molecule has 0 radical (unpaired) electrons. The average Bonchev–Trinajstić information content (AvgIpc) is 3.00. The number of nitrogens with zero attached hydrogens (tertiary/aromatic N) is 2. The Balaban J connectivity index is 1.64. The van der Waals surface area contributed by atoms with Gasteiger partial charge in [0.25, 0.3) is 5.56 Å². The quantitative estimate of drug-likeness (QED) is 0.918. The zero-order valence-electron chi connectivity index (χ0n) is 13.2. The van der Waals surface area contributed by atoms with E-state index in [-0.39, 0.29) is 5.56 Å². The molecule has 1 aromatic heterocycles. The highest BCUT2D eigenvalue weighted by Crippen LogP contribution is 2.27. The van der Waals surface area contributed by atoms with E-state index in [1.165, 1.54) is 16.5 Å². The highest BCUT2D eigenvalue weighted by Gasteiger charge is 2.18. The van der Waals surface area contributed by atoms with Crippen LogP contribution in [0.2, 0.25) is 0 Å². The Hall–Kier alpha value is -1.65. The Kier molecular flexibility index (Phi) is 3.51. The molecule has 4 heteroatoms.